The molecular formula is C11H21NO2. The fourth-order valence-electron chi connectivity index (χ4n) is 2.07. The zero-order valence-electron chi connectivity index (χ0n) is 9.20. The van der Waals surface area contributed by atoms with Crippen molar-refractivity contribution in [2.24, 2.45) is 5.92 Å². The maximum Gasteiger partial charge on any atom is 0.320 e. The van der Waals surface area contributed by atoms with Crippen LogP contribution in [0.2, 0.25) is 0 Å². The van der Waals surface area contributed by atoms with E-state index in [1.54, 1.807) is 0 Å². The second-order valence-corrected chi connectivity index (χ2v) is 4.15. The van der Waals surface area contributed by atoms with Crippen molar-refractivity contribution in [1.29, 1.82) is 0 Å². The highest BCUT2D eigenvalue weighted by Gasteiger charge is 2.27. The summed E-state index contributed by atoms with van der Waals surface area (Å²) < 4.78 is 0. The second-order valence-electron chi connectivity index (χ2n) is 4.15. The Morgan fingerprint density at radius 2 is 2.14 bits per heavy atom. The number of carbonyl (C=O) groups is 1. The summed E-state index contributed by atoms with van der Waals surface area (Å²) in [4.78, 5) is 13.1. The first-order valence-electron chi connectivity index (χ1n) is 5.65. The lowest BCUT2D eigenvalue weighted by atomic mass is 9.85. The van der Waals surface area contributed by atoms with E-state index < -0.39 is 5.97 Å². The molecule has 1 atom stereocenters. The van der Waals surface area contributed by atoms with Gasteiger partial charge in [0.05, 0.1) is 0 Å². The van der Waals surface area contributed by atoms with E-state index in [4.69, 9.17) is 5.11 Å². The summed E-state index contributed by atoms with van der Waals surface area (Å²) in [5, 5.41) is 9.04. The van der Waals surface area contributed by atoms with E-state index in [0.29, 0.717) is 6.42 Å². The van der Waals surface area contributed by atoms with Gasteiger partial charge in [-0.1, -0.05) is 20.3 Å². The molecule has 1 unspecified atom stereocenters. The van der Waals surface area contributed by atoms with Crippen LogP contribution >= 0.6 is 0 Å². The van der Waals surface area contributed by atoms with Crippen molar-refractivity contribution in [3.63, 3.8) is 0 Å². The summed E-state index contributed by atoms with van der Waals surface area (Å²) in [5.41, 5.74) is 0. The highest BCUT2D eigenvalue weighted by atomic mass is 16.4. The predicted octanol–water partition coefficient (Wildman–Crippen LogP) is 1.97. The molecule has 0 bridgehead atoms. The van der Waals surface area contributed by atoms with Crippen LogP contribution in [0.25, 0.3) is 0 Å². The normalized spacial score (nSPS) is 19.4. The quantitative estimate of drug-likeness (QED) is 0.711. The van der Waals surface area contributed by atoms with Crippen LogP contribution < -0.4 is 0 Å². The largest absolute Gasteiger partial charge is 0.480 e. The van der Waals surface area contributed by atoms with Gasteiger partial charge in [0.15, 0.2) is 0 Å². The topological polar surface area (TPSA) is 40.5 Å². The van der Waals surface area contributed by atoms with E-state index >= 15 is 0 Å². The van der Waals surface area contributed by atoms with Gasteiger partial charge in [0.25, 0.3) is 0 Å². The average Bonchev–Trinajstić information content (AvgIpc) is 2.08. The van der Waals surface area contributed by atoms with Gasteiger partial charge in [-0.05, 0) is 31.7 Å². The predicted molar refractivity (Wildman–Crippen MR) is 56.3 cm³/mol. The van der Waals surface area contributed by atoms with Crippen LogP contribution in [0, 0.1) is 5.92 Å². The van der Waals surface area contributed by atoms with Gasteiger partial charge >= 0.3 is 5.97 Å². The first-order chi connectivity index (χ1) is 6.69. The number of aliphatic carboxylic acids is 1. The van der Waals surface area contributed by atoms with Crippen molar-refractivity contribution in [1.82, 2.24) is 4.90 Å². The molecule has 3 nitrogen and oxygen atoms in total. The molecule has 14 heavy (non-hydrogen) atoms. The third kappa shape index (κ3) is 2.71. The molecule has 0 spiro atoms. The van der Waals surface area contributed by atoms with Gasteiger partial charge in [-0.25, -0.2) is 0 Å². The highest BCUT2D eigenvalue weighted by Crippen LogP contribution is 2.27. The molecule has 0 aromatic rings. The van der Waals surface area contributed by atoms with Gasteiger partial charge in [0.2, 0.25) is 0 Å². The maximum atomic E-state index is 11.0. The number of likely N-dealkylation sites (N-methyl/N-ethyl adjacent to an activating group) is 1. The molecule has 3 heteroatoms. The highest BCUT2D eigenvalue weighted by molar-refractivity contribution is 5.73. The SMILES string of the molecule is CCC(C(=O)O)N(CC)CC1CCC1. The van der Waals surface area contributed by atoms with Gasteiger partial charge in [-0.15, -0.1) is 0 Å². The molecule has 1 saturated carbocycles. The summed E-state index contributed by atoms with van der Waals surface area (Å²) in [5.74, 6) is 0.0806. The summed E-state index contributed by atoms with van der Waals surface area (Å²) in [6.45, 7) is 5.81. The first kappa shape index (κ1) is 11.5. The van der Waals surface area contributed by atoms with E-state index in [-0.39, 0.29) is 6.04 Å². The minimum atomic E-state index is -0.673. The van der Waals surface area contributed by atoms with Crippen LogP contribution in [-0.4, -0.2) is 35.1 Å². The van der Waals surface area contributed by atoms with E-state index in [9.17, 15) is 4.79 Å². The summed E-state index contributed by atoms with van der Waals surface area (Å²) in [6, 6.07) is -0.277. The van der Waals surface area contributed by atoms with Gasteiger partial charge in [0, 0.05) is 6.54 Å². The Morgan fingerprint density at radius 1 is 1.50 bits per heavy atom. The van der Waals surface area contributed by atoms with E-state index in [1.165, 1.54) is 19.3 Å². The van der Waals surface area contributed by atoms with Crippen molar-refractivity contribution in [2.45, 2.75) is 45.6 Å². The molecule has 0 radical (unpaired) electrons. The van der Waals surface area contributed by atoms with Crippen molar-refractivity contribution < 1.29 is 9.90 Å². The van der Waals surface area contributed by atoms with Crippen molar-refractivity contribution in [3.8, 4) is 0 Å². The van der Waals surface area contributed by atoms with E-state index in [2.05, 4.69) is 4.90 Å². The van der Waals surface area contributed by atoms with Gasteiger partial charge in [-0.2, -0.15) is 0 Å². The van der Waals surface area contributed by atoms with Crippen LogP contribution in [0.4, 0.5) is 0 Å². The van der Waals surface area contributed by atoms with Gasteiger partial charge in [0.1, 0.15) is 6.04 Å². The molecule has 0 heterocycles. The average molecular weight is 199 g/mol. The Balaban J connectivity index is 2.44. The zero-order chi connectivity index (χ0) is 10.6. The van der Waals surface area contributed by atoms with Gasteiger partial charge in [-0.3, -0.25) is 9.69 Å². The Bertz CT molecular complexity index is 190. The van der Waals surface area contributed by atoms with Crippen molar-refractivity contribution >= 4 is 5.97 Å². The Labute approximate surface area is 86.1 Å². The molecule has 1 aliphatic rings. The lowest BCUT2D eigenvalue weighted by Gasteiger charge is -2.34. The molecule has 0 aliphatic heterocycles. The van der Waals surface area contributed by atoms with Crippen LogP contribution in [0.5, 0.6) is 0 Å². The summed E-state index contributed by atoms with van der Waals surface area (Å²) in [7, 11) is 0. The number of carboxylic acids is 1. The smallest absolute Gasteiger partial charge is 0.320 e. The molecule has 1 aliphatic carbocycles. The molecule has 82 valence electrons. The van der Waals surface area contributed by atoms with Crippen LogP contribution in [0.15, 0.2) is 0 Å². The fourth-order valence-corrected chi connectivity index (χ4v) is 2.07. The molecule has 0 aromatic heterocycles. The molecule has 1 fully saturated rings. The standard InChI is InChI=1S/C11H21NO2/c1-3-10(11(13)14)12(4-2)8-9-6-5-7-9/h9-10H,3-8H2,1-2H3,(H,13,14). The Hall–Kier alpha value is -0.570. The third-order valence-electron chi connectivity index (χ3n) is 3.24. The Kier molecular flexibility index (Phi) is 4.39. The van der Waals surface area contributed by atoms with Crippen LogP contribution in [0.3, 0.4) is 0 Å². The number of carboxylic acid groups (broad SMARTS) is 1. The minimum absolute atomic E-state index is 0.277. The van der Waals surface area contributed by atoms with Crippen LogP contribution in [-0.2, 0) is 4.79 Å². The molecular weight excluding hydrogens is 178 g/mol. The summed E-state index contributed by atoms with van der Waals surface area (Å²) >= 11 is 0. The maximum absolute atomic E-state index is 11.0. The Morgan fingerprint density at radius 3 is 2.43 bits per heavy atom. The lowest BCUT2D eigenvalue weighted by Crippen LogP contribution is -2.44. The van der Waals surface area contributed by atoms with Crippen molar-refractivity contribution in [2.75, 3.05) is 13.1 Å². The van der Waals surface area contributed by atoms with Crippen LogP contribution in [0.1, 0.15) is 39.5 Å². The molecule has 1 N–H and O–H groups in total. The van der Waals surface area contributed by atoms with Crippen molar-refractivity contribution in [3.05, 3.63) is 0 Å². The summed E-state index contributed by atoms with van der Waals surface area (Å²) in [6.07, 6.45) is 4.60. The second kappa shape index (κ2) is 5.35. The zero-order valence-corrected chi connectivity index (χ0v) is 9.20. The lowest BCUT2D eigenvalue weighted by molar-refractivity contribution is -0.143. The molecule has 1 rings (SSSR count). The fraction of sp³-hybridized carbons (Fsp3) is 0.909. The van der Waals surface area contributed by atoms with E-state index in [0.717, 1.165) is 19.0 Å². The number of hydrogen-bond acceptors (Lipinski definition) is 2. The molecule has 0 aromatic carbocycles. The monoisotopic (exact) mass is 199 g/mol. The first-order valence-corrected chi connectivity index (χ1v) is 5.65. The number of nitrogens with zero attached hydrogens (tertiary/aromatic N) is 1. The number of hydrogen-bond donors (Lipinski definition) is 1. The number of rotatable bonds is 6. The molecule has 0 saturated heterocycles. The van der Waals surface area contributed by atoms with E-state index in [1.807, 2.05) is 13.8 Å². The third-order valence-corrected chi connectivity index (χ3v) is 3.24. The van der Waals surface area contributed by atoms with Gasteiger partial charge < -0.3 is 5.11 Å². The minimum Gasteiger partial charge on any atom is -0.480 e. The molecule has 0 amide bonds.